The van der Waals surface area contributed by atoms with Crippen LogP contribution in [0.15, 0.2) is 66.7 Å². The fourth-order valence-corrected chi connectivity index (χ4v) is 4.05. The molecule has 0 aliphatic carbocycles. The topological polar surface area (TPSA) is 83.1 Å². The maximum absolute atomic E-state index is 13.1. The van der Waals surface area contributed by atoms with E-state index >= 15 is 0 Å². The number of hydrogen-bond acceptors (Lipinski definition) is 5. The van der Waals surface area contributed by atoms with E-state index in [1.165, 1.54) is 12.1 Å². The van der Waals surface area contributed by atoms with Gasteiger partial charge in [-0.25, -0.2) is 9.37 Å². The molecule has 168 valence electrons. The van der Waals surface area contributed by atoms with Crippen molar-refractivity contribution in [3.8, 4) is 5.75 Å². The molecule has 2 N–H and O–H groups in total. The third kappa shape index (κ3) is 4.79. The van der Waals surface area contributed by atoms with Gasteiger partial charge in [0.1, 0.15) is 11.6 Å². The number of nitrogens with one attached hydrogen (secondary N) is 2. The first-order valence-electron chi connectivity index (χ1n) is 10.9. The highest BCUT2D eigenvalue weighted by Gasteiger charge is 2.28. The number of halogens is 1. The predicted molar refractivity (Wildman–Crippen MR) is 123 cm³/mol. The lowest BCUT2D eigenvalue weighted by Crippen LogP contribution is -2.32. The van der Waals surface area contributed by atoms with E-state index < -0.39 is 0 Å². The van der Waals surface area contributed by atoms with E-state index in [9.17, 15) is 9.18 Å². The number of benzene rings is 2. The van der Waals surface area contributed by atoms with E-state index in [1.54, 1.807) is 12.1 Å². The summed E-state index contributed by atoms with van der Waals surface area (Å²) in [5.41, 5.74) is 2.60. The second kappa shape index (κ2) is 9.28. The van der Waals surface area contributed by atoms with Crippen LogP contribution in [0.25, 0.3) is 11.0 Å². The van der Waals surface area contributed by atoms with Crippen molar-refractivity contribution in [3.63, 3.8) is 0 Å². The first kappa shape index (κ1) is 20.9. The molecule has 1 saturated heterocycles. The van der Waals surface area contributed by atoms with Crippen molar-refractivity contribution >= 4 is 22.8 Å². The maximum Gasteiger partial charge on any atom is 0.260 e. The summed E-state index contributed by atoms with van der Waals surface area (Å²) < 4.78 is 18.7. The average molecular weight is 445 g/mol. The number of anilines is 1. The Balaban J connectivity index is 1.20. The molecule has 1 aliphatic rings. The third-order valence-corrected chi connectivity index (χ3v) is 5.88. The SMILES string of the molecule is O=C(COc1ccccc1)N1CC[C@@H](c2ccc3c(NCc4ccc(F)cc4)n[nH]c3n2)C1. The molecule has 5 rings (SSSR count). The Labute approximate surface area is 190 Å². The van der Waals surface area contributed by atoms with Gasteiger partial charge in [-0.1, -0.05) is 30.3 Å². The van der Waals surface area contributed by atoms with Crippen molar-refractivity contribution < 1.29 is 13.9 Å². The number of rotatable bonds is 7. The molecular formula is C25H24FN5O2. The molecule has 2 aromatic heterocycles. The number of carbonyl (C=O) groups excluding carboxylic acids is 1. The van der Waals surface area contributed by atoms with Crippen LogP contribution in [-0.2, 0) is 11.3 Å². The lowest BCUT2D eigenvalue weighted by atomic mass is 10.0. The second-order valence-corrected chi connectivity index (χ2v) is 8.11. The summed E-state index contributed by atoms with van der Waals surface area (Å²) in [5, 5.41) is 11.5. The number of aromatic amines is 1. The molecule has 8 heteroatoms. The third-order valence-electron chi connectivity index (χ3n) is 5.88. The molecule has 1 fully saturated rings. The number of para-hydroxylation sites is 1. The fraction of sp³-hybridized carbons (Fsp3) is 0.240. The molecular weight excluding hydrogens is 421 g/mol. The largest absolute Gasteiger partial charge is 0.484 e. The number of pyridine rings is 1. The second-order valence-electron chi connectivity index (χ2n) is 8.11. The molecule has 3 heterocycles. The standard InChI is InChI=1S/C25H24FN5O2/c26-19-8-6-17(7-9-19)14-27-24-21-10-11-22(28-25(21)30-29-24)18-12-13-31(15-18)23(32)16-33-20-4-2-1-3-5-20/h1-11,18H,12-16H2,(H2,27,28,29,30)/t18-/m1/s1. The van der Waals surface area contributed by atoms with Crippen LogP contribution in [0.5, 0.6) is 5.75 Å². The van der Waals surface area contributed by atoms with E-state index in [2.05, 4.69) is 15.5 Å². The van der Waals surface area contributed by atoms with Gasteiger partial charge >= 0.3 is 0 Å². The van der Waals surface area contributed by atoms with Crippen LogP contribution >= 0.6 is 0 Å². The van der Waals surface area contributed by atoms with Crippen molar-refractivity contribution in [1.82, 2.24) is 20.1 Å². The van der Waals surface area contributed by atoms with E-state index in [-0.39, 0.29) is 24.2 Å². The quantitative estimate of drug-likeness (QED) is 0.448. The van der Waals surface area contributed by atoms with Crippen LogP contribution in [0.4, 0.5) is 10.2 Å². The number of carbonyl (C=O) groups is 1. The van der Waals surface area contributed by atoms with Crippen LogP contribution in [-0.4, -0.2) is 45.7 Å². The van der Waals surface area contributed by atoms with Crippen molar-refractivity contribution in [2.75, 3.05) is 25.0 Å². The van der Waals surface area contributed by atoms with Gasteiger partial charge in [-0.15, -0.1) is 0 Å². The zero-order valence-corrected chi connectivity index (χ0v) is 18.0. The molecule has 1 amide bonds. The van der Waals surface area contributed by atoms with Gasteiger partial charge in [0, 0.05) is 31.2 Å². The average Bonchev–Trinajstić information content (AvgIpc) is 3.50. The van der Waals surface area contributed by atoms with Gasteiger partial charge in [-0.05, 0) is 48.4 Å². The van der Waals surface area contributed by atoms with Gasteiger partial charge in [0.2, 0.25) is 0 Å². The summed E-state index contributed by atoms with van der Waals surface area (Å²) in [6.07, 6.45) is 0.861. The minimum atomic E-state index is -0.253. The number of ether oxygens (including phenoxy) is 1. The molecule has 0 spiro atoms. The molecule has 2 aromatic carbocycles. The number of fused-ring (bicyclic) bond motifs is 1. The minimum absolute atomic E-state index is 0.0174. The van der Waals surface area contributed by atoms with Crippen LogP contribution in [0.2, 0.25) is 0 Å². The first-order chi connectivity index (χ1) is 16.2. The Hall–Kier alpha value is -3.94. The van der Waals surface area contributed by atoms with Gasteiger partial charge in [-0.3, -0.25) is 9.89 Å². The van der Waals surface area contributed by atoms with Gasteiger partial charge in [-0.2, -0.15) is 5.10 Å². The number of amides is 1. The van der Waals surface area contributed by atoms with Crippen LogP contribution in [0, 0.1) is 5.82 Å². The van der Waals surface area contributed by atoms with E-state index in [0.29, 0.717) is 36.8 Å². The highest BCUT2D eigenvalue weighted by Crippen LogP contribution is 2.29. The highest BCUT2D eigenvalue weighted by atomic mass is 19.1. The fourth-order valence-electron chi connectivity index (χ4n) is 4.05. The van der Waals surface area contributed by atoms with Crippen molar-refractivity contribution in [2.45, 2.75) is 18.9 Å². The van der Waals surface area contributed by atoms with Gasteiger partial charge in [0.15, 0.2) is 18.1 Å². The van der Waals surface area contributed by atoms with Crippen molar-refractivity contribution in [3.05, 3.63) is 83.8 Å². The lowest BCUT2D eigenvalue weighted by Gasteiger charge is -2.17. The first-order valence-corrected chi connectivity index (χ1v) is 10.9. The van der Waals surface area contributed by atoms with Crippen LogP contribution < -0.4 is 10.1 Å². The molecule has 0 unspecified atom stereocenters. The normalized spacial score (nSPS) is 15.7. The maximum atomic E-state index is 13.1. The Morgan fingerprint density at radius 2 is 1.94 bits per heavy atom. The summed E-state index contributed by atoms with van der Waals surface area (Å²) >= 11 is 0. The van der Waals surface area contributed by atoms with Gasteiger partial charge < -0.3 is 15.0 Å². The Morgan fingerprint density at radius 1 is 1.12 bits per heavy atom. The van der Waals surface area contributed by atoms with Crippen molar-refractivity contribution in [1.29, 1.82) is 0 Å². The minimum Gasteiger partial charge on any atom is -0.484 e. The molecule has 4 aromatic rings. The molecule has 0 bridgehead atoms. The number of aromatic nitrogens is 3. The summed E-state index contributed by atoms with van der Waals surface area (Å²) in [6.45, 7) is 1.88. The summed E-state index contributed by atoms with van der Waals surface area (Å²) in [6, 6.07) is 19.7. The van der Waals surface area contributed by atoms with Crippen LogP contribution in [0.1, 0.15) is 23.6 Å². The predicted octanol–water partition coefficient (Wildman–Crippen LogP) is 4.10. The van der Waals surface area contributed by atoms with Gasteiger partial charge in [0.05, 0.1) is 5.39 Å². The summed E-state index contributed by atoms with van der Waals surface area (Å²) in [5.74, 6) is 1.30. The Morgan fingerprint density at radius 3 is 2.76 bits per heavy atom. The number of nitrogens with zero attached hydrogens (tertiary/aromatic N) is 3. The Bertz CT molecular complexity index is 1240. The Kier molecular flexibility index (Phi) is 5.89. The van der Waals surface area contributed by atoms with E-state index in [0.717, 1.165) is 23.1 Å². The van der Waals surface area contributed by atoms with Gasteiger partial charge in [0.25, 0.3) is 5.91 Å². The molecule has 1 aliphatic heterocycles. The zero-order chi connectivity index (χ0) is 22.6. The molecule has 7 nitrogen and oxygen atoms in total. The number of H-pyrrole nitrogens is 1. The number of likely N-dealkylation sites (tertiary alicyclic amines) is 1. The summed E-state index contributed by atoms with van der Waals surface area (Å²) in [4.78, 5) is 19.1. The van der Waals surface area contributed by atoms with E-state index in [4.69, 9.17) is 9.72 Å². The molecule has 0 saturated carbocycles. The monoisotopic (exact) mass is 445 g/mol. The lowest BCUT2D eigenvalue weighted by molar-refractivity contribution is -0.132. The molecule has 1 atom stereocenters. The molecule has 0 radical (unpaired) electrons. The smallest absolute Gasteiger partial charge is 0.260 e. The van der Waals surface area contributed by atoms with Crippen LogP contribution in [0.3, 0.4) is 0 Å². The zero-order valence-electron chi connectivity index (χ0n) is 18.0. The summed E-state index contributed by atoms with van der Waals surface area (Å²) in [7, 11) is 0. The van der Waals surface area contributed by atoms with E-state index in [1.807, 2.05) is 47.4 Å². The highest BCUT2D eigenvalue weighted by molar-refractivity contribution is 5.87. The van der Waals surface area contributed by atoms with Crippen molar-refractivity contribution in [2.24, 2.45) is 0 Å². The molecule has 33 heavy (non-hydrogen) atoms. The number of hydrogen-bond donors (Lipinski definition) is 2.